The minimum Gasteiger partial charge on any atom is -0.466 e. The molecular formula is C22H35BrO5Si. The molecule has 0 N–H and O–H groups in total. The molecule has 4 atom stereocenters. The Hall–Kier alpha value is -1.18. The smallest absolute Gasteiger partial charge is 0.302 e. The van der Waals surface area contributed by atoms with Gasteiger partial charge in [0.1, 0.15) is 6.10 Å². The van der Waals surface area contributed by atoms with Crippen LogP contribution in [0, 0.1) is 5.92 Å². The second-order valence-electron chi connectivity index (χ2n) is 8.91. The van der Waals surface area contributed by atoms with Gasteiger partial charge in [0, 0.05) is 19.3 Å². The van der Waals surface area contributed by atoms with Crippen molar-refractivity contribution < 1.29 is 23.5 Å². The lowest BCUT2D eigenvalue weighted by Crippen LogP contribution is -2.48. The summed E-state index contributed by atoms with van der Waals surface area (Å²) < 4.78 is 17.4. The van der Waals surface area contributed by atoms with E-state index in [1.165, 1.54) is 6.92 Å². The van der Waals surface area contributed by atoms with E-state index in [-0.39, 0.29) is 34.5 Å². The number of hydrogen-bond donors (Lipinski definition) is 0. The van der Waals surface area contributed by atoms with E-state index in [4.69, 9.17) is 13.9 Å². The van der Waals surface area contributed by atoms with Crippen molar-refractivity contribution in [3.05, 3.63) is 35.9 Å². The fourth-order valence-electron chi connectivity index (χ4n) is 2.86. The second kappa shape index (κ2) is 11.3. The van der Waals surface area contributed by atoms with Gasteiger partial charge in [-0.1, -0.05) is 74.0 Å². The minimum absolute atomic E-state index is 0.0284. The predicted molar refractivity (Wildman–Crippen MR) is 122 cm³/mol. The fraction of sp³-hybridized carbons (Fsp3) is 0.636. The van der Waals surface area contributed by atoms with Crippen LogP contribution in [0.5, 0.6) is 0 Å². The highest BCUT2D eigenvalue weighted by molar-refractivity contribution is 9.09. The van der Waals surface area contributed by atoms with Gasteiger partial charge in [-0.05, 0) is 23.7 Å². The molecule has 1 rings (SSSR count). The number of benzene rings is 1. The molecule has 0 radical (unpaired) electrons. The molecule has 0 saturated heterocycles. The summed E-state index contributed by atoms with van der Waals surface area (Å²) in [5, 5.41) is 0.0284. The average Bonchev–Trinajstić information content (AvgIpc) is 2.63. The first-order valence-corrected chi connectivity index (χ1v) is 13.8. The lowest BCUT2D eigenvalue weighted by Gasteiger charge is -2.42. The predicted octanol–water partition coefficient (Wildman–Crippen LogP) is 5.64. The number of esters is 1. The highest BCUT2D eigenvalue weighted by Crippen LogP contribution is 2.41. The van der Waals surface area contributed by atoms with E-state index in [0.29, 0.717) is 12.9 Å². The highest BCUT2D eigenvalue weighted by atomic mass is 79.9. The molecule has 0 heterocycles. The van der Waals surface area contributed by atoms with Crippen LogP contribution in [-0.2, 0) is 23.5 Å². The Balaban J connectivity index is 3.13. The molecule has 0 fully saturated rings. The van der Waals surface area contributed by atoms with Crippen LogP contribution in [0.25, 0.3) is 0 Å². The van der Waals surface area contributed by atoms with Crippen molar-refractivity contribution in [2.45, 2.75) is 76.2 Å². The second-order valence-corrected chi connectivity index (χ2v) is 14.7. The van der Waals surface area contributed by atoms with Crippen LogP contribution in [0.2, 0.25) is 18.1 Å². The number of carbonyl (C=O) groups is 2. The topological polar surface area (TPSA) is 61.8 Å². The first kappa shape index (κ1) is 25.9. The third-order valence-electron chi connectivity index (χ3n) is 5.68. The Morgan fingerprint density at radius 2 is 1.79 bits per heavy atom. The number of hydrogen-bond acceptors (Lipinski definition) is 5. The van der Waals surface area contributed by atoms with E-state index >= 15 is 0 Å². The molecule has 0 spiro atoms. The third kappa shape index (κ3) is 7.87. The number of carbonyl (C=O) groups excluding carboxylic acids is 2. The zero-order chi connectivity index (χ0) is 22.2. The monoisotopic (exact) mass is 486 g/mol. The Morgan fingerprint density at radius 1 is 1.21 bits per heavy atom. The summed E-state index contributed by atoms with van der Waals surface area (Å²) in [4.78, 5) is 22.3. The molecular weight excluding hydrogens is 452 g/mol. The molecule has 164 valence electrons. The van der Waals surface area contributed by atoms with Crippen molar-refractivity contribution in [2.24, 2.45) is 5.92 Å². The van der Waals surface area contributed by atoms with Gasteiger partial charge in [0.2, 0.25) is 0 Å². The van der Waals surface area contributed by atoms with Crippen LogP contribution < -0.4 is 0 Å². The number of alkyl halides is 1. The average molecular weight is 488 g/mol. The maximum absolute atomic E-state index is 11.3. The van der Waals surface area contributed by atoms with Gasteiger partial charge >= 0.3 is 5.97 Å². The van der Waals surface area contributed by atoms with Gasteiger partial charge in [0.05, 0.1) is 17.5 Å². The summed E-state index contributed by atoms with van der Waals surface area (Å²) in [5.74, 6) is -0.429. The van der Waals surface area contributed by atoms with Crippen molar-refractivity contribution in [3.8, 4) is 0 Å². The first-order valence-electron chi connectivity index (χ1n) is 10.00. The van der Waals surface area contributed by atoms with Crippen LogP contribution in [0.1, 0.15) is 51.4 Å². The van der Waals surface area contributed by atoms with Crippen LogP contribution >= 0.6 is 15.9 Å². The largest absolute Gasteiger partial charge is 0.466 e. The fourth-order valence-corrected chi connectivity index (χ4v) is 5.22. The van der Waals surface area contributed by atoms with Crippen molar-refractivity contribution in [3.63, 3.8) is 0 Å². The normalized spacial score (nSPS) is 16.4. The molecule has 0 unspecified atom stereocenters. The van der Waals surface area contributed by atoms with Gasteiger partial charge in [-0.2, -0.15) is 0 Å². The summed E-state index contributed by atoms with van der Waals surface area (Å²) in [6.45, 7) is 15.1. The molecule has 0 saturated carbocycles. The van der Waals surface area contributed by atoms with Gasteiger partial charge in [0.15, 0.2) is 8.32 Å². The highest BCUT2D eigenvalue weighted by Gasteiger charge is 2.42. The van der Waals surface area contributed by atoms with Crippen LogP contribution in [-0.4, -0.2) is 39.6 Å². The number of halogens is 1. The van der Waals surface area contributed by atoms with Crippen molar-refractivity contribution in [2.75, 3.05) is 6.61 Å². The lowest BCUT2D eigenvalue weighted by molar-refractivity contribution is -0.142. The zero-order valence-corrected chi connectivity index (χ0v) is 21.2. The molecule has 1 aromatic rings. The molecule has 1 aromatic carbocycles. The lowest BCUT2D eigenvalue weighted by atomic mass is 9.91. The third-order valence-corrected chi connectivity index (χ3v) is 11.2. The summed E-state index contributed by atoms with van der Waals surface area (Å²) in [6, 6.07) is 9.85. The van der Waals surface area contributed by atoms with Crippen LogP contribution in [0.15, 0.2) is 30.3 Å². The minimum atomic E-state index is -2.09. The van der Waals surface area contributed by atoms with E-state index in [0.717, 1.165) is 5.56 Å². The molecule has 29 heavy (non-hydrogen) atoms. The van der Waals surface area contributed by atoms with Gasteiger partial charge < -0.3 is 13.9 Å². The Morgan fingerprint density at radius 3 is 2.28 bits per heavy atom. The molecule has 7 heteroatoms. The van der Waals surface area contributed by atoms with Gasteiger partial charge in [-0.15, -0.1) is 0 Å². The molecule has 0 aliphatic carbocycles. The number of rotatable bonds is 11. The van der Waals surface area contributed by atoms with E-state index in [9.17, 15) is 9.59 Å². The summed E-state index contributed by atoms with van der Waals surface area (Å²) in [5.41, 5.74) is 1.03. The van der Waals surface area contributed by atoms with Crippen molar-refractivity contribution in [1.82, 2.24) is 0 Å². The molecule has 5 nitrogen and oxygen atoms in total. The van der Waals surface area contributed by atoms with Crippen LogP contribution in [0.3, 0.4) is 0 Å². The Labute approximate surface area is 184 Å². The van der Waals surface area contributed by atoms with Crippen molar-refractivity contribution in [1.29, 1.82) is 0 Å². The standard InChI is InChI=1S/C22H35BrO5Si/c1-16(21(27-15-24)20(23)18-11-9-8-10-12-18)19(13-14-26-17(2)25)28-29(6,7)22(3,4)5/h8-12,15-16,19-21H,13-14H2,1-7H3/t16-,19-,20-,21+/m0/s1. The van der Waals surface area contributed by atoms with Gasteiger partial charge in [0.25, 0.3) is 6.47 Å². The maximum Gasteiger partial charge on any atom is 0.302 e. The Kier molecular flexibility index (Phi) is 10.1. The van der Waals surface area contributed by atoms with E-state index in [2.05, 4.69) is 49.8 Å². The molecule has 0 aromatic heterocycles. The molecule has 0 amide bonds. The Bertz CT molecular complexity index is 644. The number of ether oxygens (including phenoxy) is 2. The quantitative estimate of drug-likeness (QED) is 0.175. The molecule has 0 bridgehead atoms. The summed E-state index contributed by atoms with van der Waals surface area (Å²) in [7, 11) is -2.09. The van der Waals surface area contributed by atoms with Crippen LogP contribution in [0.4, 0.5) is 0 Å². The maximum atomic E-state index is 11.3. The van der Waals surface area contributed by atoms with E-state index in [1.54, 1.807) is 0 Å². The van der Waals surface area contributed by atoms with E-state index in [1.807, 2.05) is 37.3 Å². The molecule has 0 aliphatic heterocycles. The summed E-state index contributed by atoms with van der Waals surface area (Å²) >= 11 is 3.72. The van der Waals surface area contributed by atoms with Gasteiger partial charge in [-0.3, -0.25) is 9.59 Å². The SMILES string of the molecule is CC(=O)OCC[C@H](O[Si](C)(C)C(C)(C)C)[C@H](C)[C@@H](OC=O)[C@@H](Br)c1ccccc1. The molecule has 0 aliphatic rings. The zero-order valence-electron chi connectivity index (χ0n) is 18.6. The summed E-state index contributed by atoms with van der Waals surface area (Å²) in [6.07, 6.45) is -0.105. The van der Waals surface area contributed by atoms with Gasteiger partial charge in [-0.25, -0.2) is 0 Å². The first-order chi connectivity index (χ1) is 13.4. The van der Waals surface area contributed by atoms with E-state index < -0.39 is 14.4 Å². The van der Waals surface area contributed by atoms with Crippen molar-refractivity contribution >= 4 is 36.7 Å².